The van der Waals surface area contributed by atoms with Crippen molar-refractivity contribution in [3.8, 4) is 27.8 Å². The summed E-state index contributed by atoms with van der Waals surface area (Å²) < 4.78 is 22.1. The molecule has 2 aromatic carbocycles. The minimum Gasteiger partial charge on any atom is -0.497 e. The van der Waals surface area contributed by atoms with Crippen LogP contribution in [0.4, 0.5) is 0 Å². The predicted octanol–water partition coefficient (Wildman–Crippen LogP) is 4.96. The molecule has 0 saturated carbocycles. The molecule has 0 fully saturated rings. The first-order valence-corrected chi connectivity index (χ1v) is 9.90. The molecule has 0 spiro atoms. The lowest BCUT2D eigenvalue weighted by molar-refractivity contribution is 0.0464. The van der Waals surface area contributed by atoms with Crippen molar-refractivity contribution >= 4 is 33.2 Å². The molecule has 0 atom stereocenters. The van der Waals surface area contributed by atoms with E-state index in [4.69, 9.17) is 18.9 Å². The average molecular weight is 464 g/mol. The van der Waals surface area contributed by atoms with E-state index in [0.717, 1.165) is 20.8 Å². The molecule has 28 heavy (non-hydrogen) atoms. The van der Waals surface area contributed by atoms with E-state index in [1.807, 2.05) is 23.6 Å². The van der Waals surface area contributed by atoms with Crippen molar-refractivity contribution in [3.05, 3.63) is 57.5 Å². The van der Waals surface area contributed by atoms with E-state index in [-0.39, 0.29) is 6.61 Å². The van der Waals surface area contributed by atoms with E-state index in [1.54, 1.807) is 25.3 Å². The molecule has 1 heterocycles. The molecule has 0 aliphatic rings. The molecule has 6 nitrogen and oxygen atoms in total. The molecule has 0 radical (unpaired) electrons. The van der Waals surface area contributed by atoms with Crippen LogP contribution in [0.1, 0.15) is 16.1 Å². The lowest BCUT2D eigenvalue weighted by atomic mass is 10.2. The Hall–Kier alpha value is -2.58. The van der Waals surface area contributed by atoms with Crippen LogP contribution < -0.4 is 14.2 Å². The number of aromatic nitrogens is 1. The van der Waals surface area contributed by atoms with Gasteiger partial charge in [0.05, 0.1) is 32.6 Å². The van der Waals surface area contributed by atoms with Gasteiger partial charge >= 0.3 is 5.97 Å². The van der Waals surface area contributed by atoms with Gasteiger partial charge in [-0.2, -0.15) is 0 Å². The molecule has 0 N–H and O–H groups in total. The number of esters is 1. The molecular weight excluding hydrogens is 446 g/mol. The minimum atomic E-state index is -0.509. The average Bonchev–Trinajstić information content (AvgIpc) is 3.20. The normalized spacial score (nSPS) is 10.4. The number of hydrogen-bond acceptors (Lipinski definition) is 7. The number of thiazole rings is 1. The van der Waals surface area contributed by atoms with Crippen LogP contribution in [0.5, 0.6) is 17.2 Å². The van der Waals surface area contributed by atoms with Gasteiger partial charge in [-0.15, -0.1) is 11.3 Å². The van der Waals surface area contributed by atoms with E-state index < -0.39 is 5.97 Å². The third-order valence-corrected chi connectivity index (χ3v) is 5.34. The van der Waals surface area contributed by atoms with Gasteiger partial charge in [-0.1, -0.05) is 15.9 Å². The number of carbonyl (C=O) groups excluding carboxylic acids is 1. The molecule has 3 rings (SSSR count). The highest BCUT2D eigenvalue weighted by Gasteiger charge is 2.17. The van der Waals surface area contributed by atoms with Gasteiger partial charge in [0.15, 0.2) is 0 Å². The Morgan fingerprint density at radius 2 is 1.79 bits per heavy atom. The molecule has 0 aliphatic heterocycles. The van der Waals surface area contributed by atoms with Gasteiger partial charge in [0.1, 0.15) is 34.4 Å². The largest absolute Gasteiger partial charge is 0.497 e. The van der Waals surface area contributed by atoms with Crippen molar-refractivity contribution in [2.45, 2.75) is 6.61 Å². The first kappa shape index (κ1) is 20.2. The predicted molar refractivity (Wildman–Crippen MR) is 110 cm³/mol. The summed E-state index contributed by atoms with van der Waals surface area (Å²) in [5.41, 5.74) is 1.82. The number of halogens is 1. The number of benzene rings is 2. The van der Waals surface area contributed by atoms with Gasteiger partial charge in [0, 0.05) is 9.85 Å². The molecule has 0 bridgehead atoms. The zero-order valence-corrected chi connectivity index (χ0v) is 17.9. The van der Waals surface area contributed by atoms with Crippen molar-refractivity contribution in [1.82, 2.24) is 4.98 Å². The van der Waals surface area contributed by atoms with Gasteiger partial charge < -0.3 is 18.9 Å². The van der Waals surface area contributed by atoms with Gasteiger partial charge in [-0.3, -0.25) is 0 Å². The van der Waals surface area contributed by atoms with Crippen molar-refractivity contribution in [2.75, 3.05) is 21.3 Å². The van der Waals surface area contributed by atoms with Crippen LogP contribution in [0.25, 0.3) is 10.6 Å². The van der Waals surface area contributed by atoms with Gasteiger partial charge in [0.2, 0.25) is 0 Å². The Balaban J connectivity index is 1.75. The molecule has 0 amide bonds. The van der Waals surface area contributed by atoms with Gasteiger partial charge in [0.25, 0.3) is 0 Å². The number of nitrogens with zero attached hydrogens (tertiary/aromatic N) is 1. The van der Waals surface area contributed by atoms with Crippen molar-refractivity contribution in [3.63, 3.8) is 0 Å². The molecule has 0 unspecified atom stereocenters. The lowest BCUT2D eigenvalue weighted by Crippen LogP contribution is -2.07. The molecular formula is C20H18BrNO5S. The second kappa shape index (κ2) is 9.07. The fourth-order valence-electron chi connectivity index (χ4n) is 2.54. The Bertz CT molecular complexity index is 988. The van der Waals surface area contributed by atoms with Crippen LogP contribution in [0, 0.1) is 0 Å². The van der Waals surface area contributed by atoms with Crippen LogP contribution in [0.3, 0.4) is 0 Å². The standard InChI is InChI=1S/C20H18BrNO5S/c1-24-14-5-7-18(26-3)16(9-14)20(23)27-10-13-11-28-19(22-13)15-8-12(21)4-6-17(15)25-2/h4-9,11H,10H2,1-3H3. The molecule has 146 valence electrons. The Labute approximate surface area is 175 Å². The topological polar surface area (TPSA) is 66.9 Å². The molecule has 3 aromatic rings. The summed E-state index contributed by atoms with van der Waals surface area (Å²) in [4.78, 5) is 17.0. The molecule has 0 saturated heterocycles. The maximum atomic E-state index is 12.5. The second-order valence-electron chi connectivity index (χ2n) is 5.63. The Morgan fingerprint density at radius 3 is 2.50 bits per heavy atom. The summed E-state index contributed by atoms with van der Waals surface area (Å²) in [5, 5.41) is 2.63. The maximum Gasteiger partial charge on any atom is 0.342 e. The Morgan fingerprint density at radius 1 is 1.04 bits per heavy atom. The summed E-state index contributed by atoms with van der Waals surface area (Å²) in [6.07, 6.45) is 0. The number of hydrogen-bond donors (Lipinski definition) is 0. The lowest BCUT2D eigenvalue weighted by Gasteiger charge is -2.10. The third kappa shape index (κ3) is 4.45. The maximum absolute atomic E-state index is 12.5. The second-order valence-corrected chi connectivity index (χ2v) is 7.40. The minimum absolute atomic E-state index is 0.0476. The highest BCUT2D eigenvalue weighted by molar-refractivity contribution is 9.10. The van der Waals surface area contributed by atoms with Crippen LogP contribution in [0.15, 0.2) is 46.3 Å². The fraction of sp³-hybridized carbons (Fsp3) is 0.200. The number of ether oxygens (including phenoxy) is 4. The number of carbonyl (C=O) groups is 1. The number of rotatable bonds is 7. The highest BCUT2D eigenvalue weighted by Crippen LogP contribution is 2.34. The van der Waals surface area contributed by atoms with Crippen LogP contribution in [-0.2, 0) is 11.3 Å². The SMILES string of the molecule is COc1ccc(OC)c(C(=O)OCc2csc(-c3cc(Br)ccc3OC)n2)c1. The smallest absolute Gasteiger partial charge is 0.342 e. The van der Waals surface area contributed by atoms with E-state index in [2.05, 4.69) is 20.9 Å². The zero-order valence-electron chi connectivity index (χ0n) is 15.5. The molecule has 0 aliphatic carbocycles. The molecule has 8 heteroatoms. The van der Waals surface area contributed by atoms with Gasteiger partial charge in [-0.05, 0) is 36.4 Å². The summed E-state index contributed by atoms with van der Waals surface area (Å²) in [7, 11) is 4.64. The van der Waals surface area contributed by atoms with E-state index in [0.29, 0.717) is 22.8 Å². The fourth-order valence-corrected chi connectivity index (χ4v) is 3.72. The first-order valence-electron chi connectivity index (χ1n) is 8.23. The first-order chi connectivity index (χ1) is 13.5. The Kier molecular flexibility index (Phi) is 6.53. The van der Waals surface area contributed by atoms with Crippen LogP contribution in [0.2, 0.25) is 0 Å². The van der Waals surface area contributed by atoms with Gasteiger partial charge in [-0.25, -0.2) is 9.78 Å². The van der Waals surface area contributed by atoms with Crippen molar-refractivity contribution < 1.29 is 23.7 Å². The van der Waals surface area contributed by atoms with Crippen LogP contribution in [-0.4, -0.2) is 32.3 Å². The summed E-state index contributed by atoms with van der Waals surface area (Å²) in [6.45, 7) is 0.0476. The van der Waals surface area contributed by atoms with E-state index in [9.17, 15) is 4.79 Å². The summed E-state index contributed by atoms with van der Waals surface area (Å²) in [6, 6.07) is 10.7. The quantitative estimate of drug-likeness (QED) is 0.461. The van der Waals surface area contributed by atoms with E-state index in [1.165, 1.54) is 25.6 Å². The zero-order chi connectivity index (χ0) is 20.1. The van der Waals surface area contributed by atoms with Crippen LogP contribution >= 0.6 is 27.3 Å². The monoisotopic (exact) mass is 463 g/mol. The summed E-state index contributed by atoms with van der Waals surface area (Å²) in [5.74, 6) is 1.18. The third-order valence-electron chi connectivity index (χ3n) is 3.92. The van der Waals surface area contributed by atoms with Crippen molar-refractivity contribution in [1.29, 1.82) is 0 Å². The summed E-state index contributed by atoms with van der Waals surface area (Å²) >= 11 is 4.91. The molecule has 1 aromatic heterocycles. The number of methoxy groups -OCH3 is 3. The highest BCUT2D eigenvalue weighted by atomic mass is 79.9. The van der Waals surface area contributed by atoms with Crippen molar-refractivity contribution in [2.24, 2.45) is 0 Å². The van der Waals surface area contributed by atoms with E-state index >= 15 is 0 Å².